The molecule has 0 aromatic heterocycles. The van der Waals surface area contributed by atoms with Crippen LogP contribution in [-0.2, 0) is 9.59 Å². The molecule has 0 unspecified atom stereocenters. The molecule has 0 radical (unpaired) electrons. The van der Waals surface area contributed by atoms with Gasteiger partial charge >= 0.3 is 0 Å². The van der Waals surface area contributed by atoms with Crippen molar-refractivity contribution in [1.82, 2.24) is 0 Å². The van der Waals surface area contributed by atoms with E-state index in [1.807, 2.05) is 0 Å². The molecule has 0 rings (SSSR count). The normalized spacial score (nSPS) is 11.1. The fourth-order valence-electron chi connectivity index (χ4n) is 0.310. The van der Waals surface area contributed by atoms with E-state index in [1.54, 1.807) is 13.0 Å². The maximum Gasteiger partial charge on any atom is 0.200 e. The number of carbonyl (C=O) groups is 2. The third-order valence-electron chi connectivity index (χ3n) is 0.788. The molecule has 0 saturated heterocycles. The molecule has 0 aromatic rings. The molecule has 0 aliphatic rings. The summed E-state index contributed by atoms with van der Waals surface area (Å²) >= 11 is 3.10. The van der Waals surface area contributed by atoms with E-state index >= 15 is 0 Å². The molecule has 0 aliphatic carbocycles. The zero-order chi connectivity index (χ0) is 7.28. The lowest BCUT2D eigenvalue weighted by molar-refractivity contribution is -0.129. The Morgan fingerprint density at radius 3 is 2.56 bits per heavy atom. The van der Waals surface area contributed by atoms with Crippen LogP contribution < -0.4 is 0 Å². The molecule has 0 amide bonds. The molecule has 9 heavy (non-hydrogen) atoms. The van der Waals surface area contributed by atoms with Crippen LogP contribution in [-0.4, -0.2) is 12.1 Å². The van der Waals surface area contributed by atoms with E-state index in [-0.39, 0.29) is 6.42 Å². The maximum absolute atomic E-state index is 10.3. The first kappa shape index (κ1) is 8.56. The Hall–Kier alpha value is -0.440. The molecule has 0 bridgehead atoms. The van der Waals surface area contributed by atoms with Crippen molar-refractivity contribution in [2.24, 2.45) is 0 Å². The highest BCUT2D eigenvalue weighted by Gasteiger charge is 1.98. The standard InChI is InChI=1S/C6H7BrO2/c1-2-5(7)3-6(9)4-8/h2,4H,3H2,1H3. The van der Waals surface area contributed by atoms with Gasteiger partial charge in [0.15, 0.2) is 12.1 Å². The van der Waals surface area contributed by atoms with Crippen molar-refractivity contribution in [2.75, 3.05) is 0 Å². The minimum atomic E-state index is -0.403. The summed E-state index contributed by atoms with van der Waals surface area (Å²) in [7, 11) is 0. The number of carbonyl (C=O) groups excluding carboxylic acids is 2. The highest BCUT2D eigenvalue weighted by atomic mass is 79.9. The van der Waals surface area contributed by atoms with Gasteiger partial charge in [0.1, 0.15) is 0 Å². The minimum absolute atomic E-state index is 0.181. The van der Waals surface area contributed by atoms with Gasteiger partial charge in [-0.05, 0) is 11.4 Å². The number of ketones is 1. The summed E-state index contributed by atoms with van der Waals surface area (Å²) in [6.45, 7) is 1.79. The molecule has 0 atom stereocenters. The predicted octanol–water partition coefficient (Wildman–Crippen LogP) is 1.44. The molecule has 3 heteroatoms. The van der Waals surface area contributed by atoms with Crippen LogP contribution in [0.4, 0.5) is 0 Å². The highest BCUT2D eigenvalue weighted by molar-refractivity contribution is 9.11. The Bertz CT molecular complexity index is 149. The van der Waals surface area contributed by atoms with Crippen LogP contribution in [0.15, 0.2) is 10.6 Å². The van der Waals surface area contributed by atoms with E-state index in [2.05, 4.69) is 15.9 Å². The van der Waals surface area contributed by atoms with Gasteiger partial charge < -0.3 is 0 Å². The van der Waals surface area contributed by atoms with Crippen LogP contribution in [0.5, 0.6) is 0 Å². The summed E-state index contributed by atoms with van der Waals surface area (Å²) in [5, 5.41) is 0. The van der Waals surface area contributed by atoms with Crippen LogP contribution in [0.2, 0.25) is 0 Å². The lowest BCUT2D eigenvalue weighted by Crippen LogP contribution is -1.96. The first-order valence-electron chi connectivity index (χ1n) is 2.49. The van der Waals surface area contributed by atoms with Gasteiger partial charge in [0, 0.05) is 6.42 Å². The average molecular weight is 191 g/mol. The quantitative estimate of drug-likeness (QED) is 0.499. The van der Waals surface area contributed by atoms with Gasteiger partial charge in [-0.15, -0.1) is 0 Å². The Morgan fingerprint density at radius 1 is 1.67 bits per heavy atom. The van der Waals surface area contributed by atoms with Crippen molar-refractivity contribution in [1.29, 1.82) is 0 Å². The van der Waals surface area contributed by atoms with Gasteiger partial charge in [0.05, 0.1) is 0 Å². The Kier molecular flexibility index (Phi) is 4.22. The molecule has 0 spiro atoms. The molecule has 0 saturated carbocycles. The van der Waals surface area contributed by atoms with E-state index in [1.165, 1.54) is 0 Å². The summed E-state index contributed by atoms with van der Waals surface area (Å²) in [5.41, 5.74) is 0. The first-order valence-corrected chi connectivity index (χ1v) is 3.28. The monoisotopic (exact) mass is 190 g/mol. The van der Waals surface area contributed by atoms with Crippen molar-refractivity contribution in [2.45, 2.75) is 13.3 Å². The summed E-state index contributed by atoms with van der Waals surface area (Å²) < 4.78 is 0.750. The largest absolute Gasteiger partial charge is 0.295 e. The third kappa shape index (κ3) is 4.09. The van der Waals surface area contributed by atoms with Gasteiger partial charge in [-0.1, -0.05) is 22.0 Å². The zero-order valence-electron chi connectivity index (χ0n) is 5.06. The summed E-state index contributed by atoms with van der Waals surface area (Å²) in [4.78, 5) is 20.1. The SMILES string of the molecule is CC=C(Br)CC(=O)C=O. The molecule has 50 valence electrons. The molecular formula is C6H7BrO2. The molecule has 0 fully saturated rings. The van der Waals surface area contributed by atoms with Crippen molar-refractivity contribution in [3.05, 3.63) is 10.6 Å². The number of halogens is 1. The van der Waals surface area contributed by atoms with Gasteiger partial charge in [-0.25, -0.2) is 0 Å². The van der Waals surface area contributed by atoms with Gasteiger partial charge in [-0.2, -0.15) is 0 Å². The predicted molar refractivity (Wildman–Crippen MR) is 38.4 cm³/mol. The number of hydrogen-bond donors (Lipinski definition) is 0. The highest BCUT2D eigenvalue weighted by Crippen LogP contribution is 2.08. The van der Waals surface area contributed by atoms with Gasteiger partial charge in [0.25, 0.3) is 0 Å². The van der Waals surface area contributed by atoms with Crippen LogP contribution in [0.3, 0.4) is 0 Å². The molecule has 0 aromatic carbocycles. The zero-order valence-corrected chi connectivity index (χ0v) is 6.64. The smallest absolute Gasteiger partial charge is 0.200 e. The van der Waals surface area contributed by atoms with Gasteiger partial charge in [-0.3, -0.25) is 9.59 Å². The summed E-state index contributed by atoms with van der Waals surface area (Å²) in [6.07, 6.45) is 2.24. The Balaban J connectivity index is 3.74. The van der Waals surface area contributed by atoms with E-state index < -0.39 is 5.78 Å². The van der Waals surface area contributed by atoms with Crippen LogP contribution in [0.25, 0.3) is 0 Å². The lowest BCUT2D eigenvalue weighted by atomic mass is 10.3. The first-order chi connectivity index (χ1) is 4.20. The van der Waals surface area contributed by atoms with E-state index in [0.717, 1.165) is 4.48 Å². The van der Waals surface area contributed by atoms with Crippen molar-refractivity contribution < 1.29 is 9.59 Å². The van der Waals surface area contributed by atoms with Crippen LogP contribution in [0.1, 0.15) is 13.3 Å². The number of aldehydes is 1. The summed E-state index contributed by atoms with van der Waals surface area (Å²) in [6, 6.07) is 0. The second kappa shape index (κ2) is 4.44. The van der Waals surface area contributed by atoms with Crippen molar-refractivity contribution in [3.8, 4) is 0 Å². The molecule has 0 aliphatic heterocycles. The molecular weight excluding hydrogens is 184 g/mol. The fraction of sp³-hybridized carbons (Fsp3) is 0.333. The number of Topliss-reactive ketones (excluding diaryl/α,β-unsaturated/α-hetero) is 1. The fourth-order valence-corrected chi connectivity index (χ4v) is 0.587. The average Bonchev–Trinajstić information content (AvgIpc) is 1.87. The molecule has 0 heterocycles. The summed E-state index contributed by atoms with van der Waals surface area (Å²) in [5.74, 6) is -0.403. The topological polar surface area (TPSA) is 34.1 Å². The van der Waals surface area contributed by atoms with E-state index in [0.29, 0.717) is 6.29 Å². The van der Waals surface area contributed by atoms with Crippen molar-refractivity contribution >= 4 is 28.0 Å². The molecule has 0 N–H and O–H groups in total. The molecule has 2 nitrogen and oxygen atoms in total. The Labute approximate surface area is 62.1 Å². The van der Waals surface area contributed by atoms with Crippen LogP contribution in [0, 0.1) is 0 Å². The van der Waals surface area contributed by atoms with Gasteiger partial charge in [0.2, 0.25) is 0 Å². The van der Waals surface area contributed by atoms with Crippen molar-refractivity contribution in [3.63, 3.8) is 0 Å². The van der Waals surface area contributed by atoms with E-state index in [9.17, 15) is 9.59 Å². The van der Waals surface area contributed by atoms with Crippen LogP contribution >= 0.6 is 15.9 Å². The van der Waals surface area contributed by atoms with E-state index in [4.69, 9.17) is 0 Å². The second-order valence-corrected chi connectivity index (χ2v) is 2.52. The Morgan fingerprint density at radius 2 is 2.22 bits per heavy atom. The third-order valence-corrected chi connectivity index (χ3v) is 1.53. The maximum atomic E-state index is 10.3. The lowest BCUT2D eigenvalue weighted by Gasteiger charge is -1.88. The number of rotatable bonds is 3. The number of allylic oxidation sites excluding steroid dienone is 2. The number of hydrogen-bond acceptors (Lipinski definition) is 2. The second-order valence-electron chi connectivity index (χ2n) is 1.50. The minimum Gasteiger partial charge on any atom is -0.295 e.